The molecule has 1 aromatic carbocycles. The van der Waals surface area contributed by atoms with E-state index in [0.29, 0.717) is 25.9 Å². The number of rotatable bonds is 3. The van der Waals surface area contributed by atoms with Crippen LogP contribution in [-0.2, 0) is 9.53 Å². The lowest BCUT2D eigenvalue weighted by molar-refractivity contribution is -0.142. The van der Waals surface area contributed by atoms with Crippen molar-refractivity contribution in [3.63, 3.8) is 0 Å². The summed E-state index contributed by atoms with van der Waals surface area (Å²) in [5, 5.41) is 9.14. The molecule has 5 nitrogen and oxygen atoms in total. The van der Waals surface area contributed by atoms with Crippen LogP contribution in [0.3, 0.4) is 0 Å². The van der Waals surface area contributed by atoms with Gasteiger partial charge in [-0.15, -0.1) is 0 Å². The third-order valence-electron chi connectivity index (χ3n) is 3.81. The van der Waals surface area contributed by atoms with Gasteiger partial charge in [-0.1, -0.05) is 11.6 Å². The van der Waals surface area contributed by atoms with Gasteiger partial charge in [-0.05, 0) is 45.7 Å². The number of hydrogen-bond acceptors (Lipinski definition) is 4. The lowest BCUT2D eigenvalue weighted by Gasteiger charge is -2.32. The van der Waals surface area contributed by atoms with Crippen molar-refractivity contribution in [3.8, 4) is 0 Å². The highest BCUT2D eigenvalue weighted by molar-refractivity contribution is 6.33. The van der Waals surface area contributed by atoms with Crippen LogP contribution >= 0.6 is 11.6 Å². The lowest BCUT2D eigenvalue weighted by atomic mass is 9.96. The topological polar surface area (TPSA) is 66.8 Å². The summed E-state index contributed by atoms with van der Waals surface area (Å²) < 4.78 is 19.7. The first-order chi connectivity index (χ1) is 11.1. The van der Waals surface area contributed by atoms with Crippen molar-refractivity contribution in [2.24, 2.45) is 5.92 Å². The minimum absolute atomic E-state index is 0.0524. The standard InChI is InChI=1S/C17H21ClFNO4/c1-17(2,3)24-16(23)11-8-12(18)14(13(19)9-11)20-6-4-10(5-7-20)15(21)22/h8-10H,4-7H2,1-3H3,(H,21,22). The first kappa shape index (κ1) is 18.5. The Bertz CT molecular complexity index is 625. The van der Waals surface area contributed by atoms with Crippen molar-refractivity contribution >= 4 is 29.2 Å². The summed E-state index contributed by atoms with van der Waals surface area (Å²) in [5.74, 6) is -2.50. The van der Waals surface area contributed by atoms with E-state index in [9.17, 15) is 14.0 Å². The van der Waals surface area contributed by atoms with Crippen LogP contribution in [0.2, 0.25) is 5.02 Å². The number of carboxylic acid groups (broad SMARTS) is 1. The molecule has 0 unspecified atom stereocenters. The second-order valence-corrected chi connectivity index (χ2v) is 7.30. The van der Waals surface area contributed by atoms with Gasteiger partial charge in [0.05, 0.1) is 22.2 Å². The molecular weight excluding hydrogens is 337 g/mol. The minimum atomic E-state index is -0.832. The Balaban J connectivity index is 2.19. The number of ether oxygens (including phenoxy) is 1. The normalized spacial score (nSPS) is 16.1. The van der Waals surface area contributed by atoms with E-state index in [1.54, 1.807) is 25.7 Å². The summed E-state index contributed by atoms with van der Waals surface area (Å²) >= 11 is 6.18. The van der Waals surface area contributed by atoms with Crippen molar-refractivity contribution in [3.05, 3.63) is 28.5 Å². The van der Waals surface area contributed by atoms with Crippen molar-refractivity contribution < 1.29 is 23.8 Å². The molecule has 0 spiro atoms. The van der Waals surface area contributed by atoms with Crippen LogP contribution in [0, 0.1) is 11.7 Å². The Morgan fingerprint density at radius 2 is 1.88 bits per heavy atom. The molecule has 1 N–H and O–H groups in total. The molecule has 1 aliphatic heterocycles. The fourth-order valence-corrected chi connectivity index (χ4v) is 3.00. The van der Waals surface area contributed by atoms with E-state index in [4.69, 9.17) is 21.4 Å². The maximum absolute atomic E-state index is 14.5. The molecule has 0 amide bonds. The Kier molecular flexibility index (Phi) is 5.38. The first-order valence-corrected chi connectivity index (χ1v) is 8.16. The van der Waals surface area contributed by atoms with Crippen LogP contribution < -0.4 is 4.90 Å². The number of benzene rings is 1. The van der Waals surface area contributed by atoms with E-state index in [1.807, 2.05) is 0 Å². The van der Waals surface area contributed by atoms with E-state index in [1.165, 1.54) is 6.07 Å². The van der Waals surface area contributed by atoms with Gasteiger partial charge in [0, 0.05) is 13.1 Å². The van der Waals surface area contributed by atoms with E-state index in [2.05, 4.69) is 0 Å². The van der Waals surface area contributed by atoms with Crippen molar-refractivity contribution in [1.82, 2.24) is 0 Å². The van der Waals surface area contributed by atoms with E-state index >= 15 is 0 Å². The number of carbonyl (C=O) groups excluding carboxylic acids is 1. The molecule has 7 heteroatoms. The Labute approximate surface area is 145 Å². The third-order valence-corrected chi connectivity index (χ3v) is 4.10. The molecule has 0 saturated carbocycles. The zero-order valence-electron chi connectivity index (χ0n) is 13.9. The molecule has 1 aromatic rings. The SMILES string of the molecule is CC(C)(C)OC(=O)c1cc(F)c(N2CCC(C(=O)O)CC2)c(Cl)c1. The molecule has 0 aliphatic carbocycles. The molecule has 1 heterocycles. The van der Waals surface area contributed by atoms with E-state index in [0.717, 1.165) is 6.07 Å². The van der Waals surface area contributed by atoms with Gasteiger partial charge in [-0.25, -0.2) is 9.18 Å². The van der Waals surface area contributed by atoms with Crippen LogP contribution in [0.1, 0.15) is 44.0 Å². The summed E-state index contributed by atoms with van der Waals surface area (Å²) in [6.07, 6.45) is 0.859. The predicted octanol–water partition coefficient (Wildman–Crippen LogP) is 3.74. The molecule has 0 aromatic heterocycles. The highest BCUT2D eigenvalue weighted by Crippen LogP contribution is 2.34. The Morgan fingerprint density at radius 1 is 1.29 bits per heavy atom. The predicted molar refractivity (Wildman–Crippen MR) is 89.2 cm³/mol. The van der Waals surface area contributed by atoms with E-state index in [-0.39, 0.29) is 16.3 Å². The molecule has 2 rings (SSSR count). The van der Waals surface area contributed by atoms with Crippen LogP contribution in [0.4, 0.5) is 10.1 Å². The molecule has 1 saturated heterocycles. The average molecular weight is 358 g/mol. The third kappa shape index (κ3) is 4.38. The largest absolute Gasteiger partial charge is 0.481 e. The smallest absolute Gasteiger partial charge is 0.338 e. The quantitative estimate of drug-likeness (QED) is 0.835. The molecule has 132 valence electrons. The van der Waals surface area contributed by atoms with Gasteiger partial charge in [0.1, 0.15) is 11.4 Å². The lowest BCUT2D eigenvalue weighted by Crippen LogP contribution is -2.37. The summed E-state index contributed by atoms with van der Waals surface area (Å²) in [6, 6.07) is 2.50. The van der Waals surface area contributed by atoms with Gasteiger partial charge in [0.2, 0.25) is 0 Å². The summed E-state index contributed by atoms with van der Waals surface area (Å²) in [7, 11) is 0. The Morgan fingerprint density at radius 3 is 2.33 bits per heavy atom. The van der Waals surface area contributed by atoms with Gasteiger partial charge in [0.15, 0.2) is 0 Å². The fraction of sp³-hybridized carbons (Fsp3) is 0.529. The van der Waals surface area contributed by atoms with Gasteiger partial charge in [-0.3, -0.25) is 4.79 Å². The van der Waals surface area contributed by atoms with Gasteiger partial charge >= 0.3 is 11.9 Å². The number of halogens is 2. The molecule has 0 bridgehead atoms. The highest BCUT2D eigenvalue weighted by Gasteiger charge is 2.28. The van der Waals surface area contributed by atoms with Crippen molar-refractivity contribution in [1.29, 1.82) is 0 Å². The van der Waals surface area contributed by atoms with Crippen molar-refractivity contribution in [2.75, 3.05) is 18.0 Å². The number of carboxylic acids is 1. The van der Waals surface area contributed by atoms with Crippen LogP contribution in [-0.4, -0.2) is 35.7 Å². The number of anilines is 1. The second-order valence-electron chi connectivity index (χ2n) is 6.89. The highest BCUT2D eigenvalue weighted by atomic mass is 35.5. The van der Waals surface area contributed by atoms with Gasteiger partial charge in [-0.2, -0.15) is 0 Å². The van der Waals surface area contributed by atoms with Crippen LogP contribution in [0.25, 0.3) is 0 Å². The van der Waals surface area contributed by atoms with Crippen molar-refractivity contribution in [2.45, 2.75) is 39.2 Å². The van der Waals surface area contributed by atoms with Crippen LogP contribution in [0.15, 0.2) is 12.1 Å². The molecular formula is C17H21ClFNO4. The number of piperidine rings is 1. The molecule has 1 fully saturated rings. The van der Waals surface area contributed by atoms with Gasteiger partial charge < -0.3 is 14.7 Å². The minimum Gasteiger partial charge on any atom is -0.481 e. The first-order valence-electron chi connectivity index (χ1n) is 7.78. The number of carbonyl (C=O) groups is 2. The number of aliphatic carboxylic acids is 1. The molecule has 0 radical (unpaired) electrons. The zero-order chi connectivity index (χ0) is 18.1. The molecule has 24 heavy (non-hydrogen) atoms. The zero-order valence-corrected chi connectivity index (χ0v) is 14.7. The second kappa shape index (κ2) is 6.97. The molecule has 1 aliphatic rings. The van der Waals surface area contributed by atoms with Gasteiger partial charge in [0.25, 0.3) is 0 Å². The maximum Gasteiger partial charge on any atom is 0.338 e. The van der Waals surface area contributed by atoms with E-state index < -0.39 is 29.3 Å². The maximum atomic E-state index is 14.5. The number of esters is 1. The average Bonchev–Trinajstić information content (AvgIpc) is 2.45. The summed E-state index contributed by atoms with van der Waals surface area (Å²) in [5.41, 5.74) is -0.429. The summed E-state index contributed by atoms with van der Waals surface area (Å²) in [6.45, 7) is 5.98. The fourth-order valence-electron chi connectivity index (χ4n) is 2.67. The Hall–Kier alpha value is -1.82. The number of hydrogen-bond donors (Lipinski definition) is 1. The number of nitrogens with zero attached hydrogens (tertiary/aromatic N) is 1. The monoisotopic (exact) mass is 357 g/mol. The molecule has 0 atom stereocenters. The summed E-state index contributed by atoms with van der Waals surface area (Å²) in [4.78, 5) is 24.8. The van der Waals surface area contributed by atoms with Crippen LogP contribution in [0.5, 0.6) is 0 Å².